The fourth-order valence-electron chi connectivity index (χ4n) is 3.21. The summed E-state index contributed by atoms with van der Waals surface area (Å²) >= 11 is 0. The highest BCUT2D eigenvalue weighted by Crippen LogP contribution is 2.21. The van der Waals surface area contributed by atoms with Gasteiger partial charge in [-0.25, -0.2) is 0 Å². The SMILES string of the molecule is CN(C)C(=O)Cn1ccc2ccc(NC(=O)CCC3CCNC3)cc21. The van der Waals surface area contributed by atoms with Crippen LogP contribution in [0.15, 0.2) is 30.5 Å². The predicted octanol–water partition coefficient (Wildman–Crippen LogP) is 2.06. The Balaban J connectivity index is 1.65. The third kappa shape index (κ3) is 4.39. The molecule has 0 radical (unpaired) electrons. The van der Waals surface area contributed by atoms with E-state index in [2.05, 4.69) is 10.6 Å². The van der Waals surface area contributed by atoms with E-state index in [1.807, 2.05) is 35.0 Å². The summed E-state index contributed by atoms with van der Waals surface area (Å²) in [6, 6.07) is 7.81. The van der Waals surface area contributed by atoms with E-state index in [0.29, 0.717) is 18.9 Å². The maximum atomic E-state index is 12.2. The minimum absolute atomic E-state index is 0.0390. The van der Waals surface area contributed by atoms with Gasteiger partial charge in [0.25, 0.3) is 0 Å². The van der Waals surface area contributed by atoms with Crippen LogP contribution in [0.4, 0.5) is 5.69 Å². The summed E-state index contributed by atoms with van der Waals surface area (Å²) in [5.41, 5.74) is 1.73. The average molecular weight is 342 g/mol. The van der Waals surface area contributed by atoms with Crippen molar-refractivity contribution < 1.29 is 9.59 Å². The fraction of sp³-hybridized carbons (Fsp3) is 0.474. The molecule has 1 saturated heterocycles. The van der Waals surface area contributed by atoms with Gasteiger partial charge in [-0.15, -0.1) is 0 Å². The Kier molecular flexibility index (Phi) is 5.38. The molecule has 6 nitrogen and oxygen atoms in total. The van der Waals surface area contributed by atoms with E-state index in [-0.39, 0.29) is 11.8 Å². The quantitative estimate of drug-likeness (QED) is 0.844. The molecular weight excluding hydrogens is 316 g/mol. The van der Waals surface area contributed by atoms with Crippen molar-refractivity contribution in [3.05, 3.63) is 30.5 Å². The molecule has 0 saturated carbocycles. The maximum absolute atomic E-state index is 12.2. The molecule has 1 aromatic heterocycles. The van der Waals surface area contributed by atoms with Crippen LogP contribution in [-0.4, -0.2) is 48.5 Å². The van der Waals surface area contributed by atoms with Crippen LogP contribution in [-0.2, 0) is 16.1 Å². The highest BCUT2D eigenvalue weighted by molar-refractivity contribution is 5.94. The second-order valence-electron chi connectivity index (χ2n) is 6.95. The molecule has 1 atom stereocenters. The zero-order chi connectivity index (χ0) is 17.8. The smallest absolute Gasteiger partial charge is 0.241 e. The van der Waals surface area contributed by atoms with Gasteiger partial charge >= 0.3 is 0 Å². The Morgan fingerprint density at radius 3 is 2.88 bits per heavy atom. The van der Waals surface area contributed by atoms with Crippen molar-refractivity contribution in [1.29, 1.82) is 0 Å². The fourth-order valence-corrected chi connectivity index (χ4v) is 3.21. The molecule has 1 aromatic carbocycles. The third-order valence-electron chi connectivity index (χ3n) is 4.80. The molecule has 25 heavy (non-hydrogen) atoms. The number of aromatic nitrogens is 1. The number of nitrogens with zero attached hydrogens (tertiary/aromatic N) is 2. The number of amides is 2. The van der Waals surface area contributed by atoms with Crippen molar-refractivity contribution in [2.45, 2.75) is 25.8 Å². The van der Waals surface area contributed by atoms with E-state index in [9.17, 15) is 9.59 Å². The Hall–Kier alpha value is -2.34. The van der Waals surface area contributed by atoms with Crippen molar-refractivity contribution >= 4 is 28.4 Å². The number of anilines is 1. The number of carbonyl (C=O) groups is 2. The summed E-state index contributed by atoms with van der Waals surface area (Å²) in [6.07, 6.45) is 4.54. The zero-order valence-corrected chi connectivity index (χ0v) is 14.9. The van der Waals surface area contributed by atoms with Crippen LogP contribution in [0.5, 0.6) is 0 Å². The third-order valence-corrected chi connectivity index (χ3v) is 4.80. The Labute approximate surface area is 148 Å². The molecule has 1 unspecified atom stereocenters. The van der Waals surface area contributed by atoms with E-state index >= 15 is 0 Å². The average Bonchev–Trinajstić information content (AvgIpc) is 3.23. The highest BCUT2D eigenvalue weighted by atomic mass is 16.2. The zero-order valence-electron chi connectivity index (χ0n) is 14.9. The van der Waals surface area contributed by atoms with Crippen molar-refractivity contribution in [1.82, 2.24) is 14.8 Å². The van der Waals surface area contributed by atoms with Crippen molar-refractivity contribution in [3.8, 4) is 0 Å². The second kappa shape index (κ2) is 7.70. The van der Waals surface area contributed by atoms with Crippen LogP contribution in [0.25, 0.3) is 10.9 Å². The van der Waals surface area contributed by atoms with Gasteiger partial charge in [0.05, 0.1) is 5.52 Å². The summed E-state index contributed by atoms with van der Waals surface area (Å²) in [5.74, 6) is 0.702. The van der Waals surface area contributed by atoms with E-state index in [1.165, 1.54) is 0 Å². The lowest BCUT2D eigenvalue weighted by atomic mass is 10.0. The summed E-state index contributed by atoms with van der Waals surface area (Å²) < 4.78 is 1.91. The lowest BCUT2D eigenvalue weighted by Crippen LogP contribution is -2.25. The van der Waals surface area contributed by atoms with Crippen molar-refractivity contribution in [2.24, 2.45) is 5.92 Å². The van der Waals surface area contributed by atoms with Gasteiger partial charge < -0.3 is 20.1 Å². The largest absolute Gasteiger partial charge is 0.347 e. The Morgan fingerprint density at radius 1 is 1.32 bits per heavy atom. The maximum Gasteiger partial charge on any atom is 0.241 e. The van der Waals surface area contributed by atoms with Gasteiger partial charge in [0.15, 0.2) is 0 Å². The van der Waals surface area contributed by atoms with Crippen molar-refractivity contribution in [2.75, 3.05) is 32.5 Å². The van der Waals surface area contributed by atoms with E-state index in [1.54, 1.807) is 19.0 Å². The van der Waals surface area contributed by atoms with Gasteiger partial charge in [0, 0.05) is 32.4 Å². The Morgan fingerprint density at radius 2 is 2.16 bits per heavy atom. The first kappa shape index (κ1) is 17.5. The van der Waals surface area contributed by atoms with Gasteiger partial charge in [0.1, 0.15) is 6.54 Å². The summed E-state index contributed by atoms with van der Waals surface area (Å²) in [5, 5.41) is 7.37. The predicted molar refractivity (Wildman–Crippen MR) is 99.5 cm³/mol. The van der Waals surface area contributed by atoms with Crippen LogP contribution in [0.3, 0.4) is 0 Å². The number of carbonyl (C=O) groups excluding carboxylic acids is 2. The number of rotatable bonds is 6. The standard InChI is InChI=1S/C19H26N4O2/c1-22(2)19(25)13-23-10-8-15-4-5-16(11-17(15)23)21-18(24)6-3-14-7-9-20-12-14/h4-5,8,10-11,14,20H,3,6-7,9,12-13H2,1-2H3,(H,21,24). The van der Waals surface area contributed by atoms with Crippen LogP contribution < -0.4 is 10.6 Å². The van der Waals surface area contributed by atoms with Gasteiger partial charge in [-0.1, -0.05) is 6.07 Å². The van der Waals surface area contributed by atoms with Crippen LogP contribution in [0.1, 0.15) is 19.3 Å². The molecule has 0 spiro atoms. The number of likely N-dealkylation sites (N-methyl/N-ethyl adjacent to an activating group) is 1. The molecule has 3 rings (SSSR count). The van der Waals surface area contributed by atoms with Gasteiger partial charge in [-0.05, 0) is 55.4 Å². The first-order valence-electron chi connectivity index (χ1n) is 8.82. The van der Waals surface area contributed by atoms with Gasteiger partial charge in [0.2, 0.25) is 11.8 Å². The number of fused-ring (bicyclic) bond motifs is 1. The lowest BCUT2D eigenvalue weighted by Gasteiger charge is -2.12. The number of hydrogen-bond donors (Lipinski definition) is 2. The molecule has 0 bridgehead atoms. The van der Waals surface area contributed by atoms with Crippen LogP contribution >= 0.6 is 0 Å². The molecule has 1 aliphatic heterocycles. The summed E-state index contributed by atoms with van der Waals surface area (Å²) in [7, 11) is 3.50. The van der Waals surface area contributed by atoms with E-state index in [4.69, 9.17) is 0 Å². The lowest BCUT2D eigenvalue weighted by molar-refractivity contribution is -0.129. The minimum atomic E-state index is 0.0390. The molecule has 6 heteroatoms. The van der Waals surface area contributed by atoms with Crippen molar-refractivity contribution in [3.63, 3.8) is 0 Å². The molecular formula is C19H26N4O2. The summed E-state index contributed by atoms with van der Waals surface area (Å²) in [6.45, 7) is 2.38. The topological polar surface area (TPSA) is 66.4 Å². The Bertz CT molecular complexity index is 760. The van der Waals surface area contributed by atoms with Gasteiger partial charge in [-0.2, -0.15) is 0 Å². The molecule has 2 N–H and O–H groups in total. The molecule has 1 fully saturated rings. The molecule has 0 aliphatic carbocycles. The van der Waals surface area contributed by atoms with E-state index < -0.39 is 0 Å². The highest BCUT2D eigenvalue weighted by Gasteiger charge is 2.16. The number of hydrogen-bond acceptors (Lipinski definition) is 3. The molecule has 2 amide bonds. The normalized spacial score (nSPS) is 17.0. The second-order valence-corrected chi connectivity index (χ2v) is 6.95. The molecule has 2 aromatic rings. The minimum Gasteiger partial charge on any atom is -0.347 e. The molecule has 134 valence electrons. The first-order chi connectivity index (χ1) is 12.0. The first-order valence-corrected chi connectivity index (χ1v) is 8.82. The summed E-state index contributed by atoms with van der Waals surface area (Å²) in [4.78, 5) is 25.7. The molecule has 2 heterocycles. The van der Waals surface area contributed by atoms with Gasteiger partial charge in [-0.3, -0.25) is 9.59 Å². The van der Waals surface area contributed by atoms with Crippen LogP contribution in [0, 0.1) is 5.92 Å². The number of nitrogens with one attached hydrogen (secondary N) is 2. The molecule has 1 aliphatic rings. The number of benzene rings is 1. The monoisotopic (exact) mass is 342 g/mol. The van der Waals surface area contributed by atoms with E-state index in [0.717, 1.165) is 42.5 Å². The van der Waals surface area contributed by atoms with Crippen LogP contribution in [0.2, 0.25) is 0 Å².